The van der Waals surface area contributed by atoms with E-state index in [-0.39, 0.29) is 24.0 Å². The fourth-order valence-electron chi connectivity index (χ4n) is 4.00. The average Bonchev–Trinajstić information content (AvgIpc) is 3.12. The SMILES string of the molecule is CCN(CC)C1CCN(C(=NC)NCC2(C)CCCC2)C1.I. The number of rotatable bonds is 5. The van der Waals surface area contributed by atoms with E-state index in [1.54, 1.807) is 0 Å². The van der Waals surface area contributed by atoms with Gasteiger partial charge in [0, 0.05) is 32.7 Å². The summed E-state index contributed by atoms with van der Waals surface area (Å²) in [5, 5.41) is 3.65. The molecule has 1 saturated heterocycles. The maximum absolute atomic E-state index is 4.52. The summed E-state index contributed by atoms with van der Waals surface area (Å²) in [5.74, 6) is 1.11. The lowest BCUT2D eigenvalue weighted by Crippen LogP contribution is -2.45. The Morgan fingerprint density at radius 2 is 1.91 bits per heavy atom. The predicted octanol–water partition coefficient (Wildman–Crippen LogP) is 3.18. The summed E-state index contributed by atoms with van der Waals surface area (Å²) in [6.07, 6.45) is 6.77. The van der Waals surface area contributed by atoms with Crippen LogP contribution in [0.4, 0.5) is 0 Å². The molecule has 0 aromatic carbocycles. The van der Waals surface area contributed by atoms with Crippen LogP contribution in [0, 0.1) is 5.41 Å². The second kappa shape index (κ2) is 9.30. The standard InChI is InChI=1S/C17H34N4.HI/c1-5-20(6-2)15-9-12-21(13-15)16(18-4)19-14-17(3)10-7-8-11-17;/h15H,5-14H2,1-4H3,(H,18,19);1H. The summed E-state index contributed by atoms with van der Waals surface area (Å²) in [5.41, 5.74) is 0.480. The monoisotopic (exact) mass is 422 g/mol. The quantitative estimate of drug-likeness (QED) is 0.420. The molecule has 0 amide bonds. The number of guanidine groups is 1. The molecule has 1 N–H and O–H groups in total. The van der Waals surface area contributed by atoms with Crippen LogP contribution in [0.1, 0.15) is 52.9 Å². The summed E-state index contributed by atoms with van der Waals surface area (Å²) >= 11 is 0. The number of hydrogen-bond acceptors (Lipinski definition) is 2. The van der Waals surface area contributed by atoms with Crippen LogP contribution in [-0.4, -0.2) is 61.6 Å². The van der Waals surface area contributed by atoms with E-state index in [1.165, 1.54) is 32.1 Å². The van der Waals surface area contributed by atoms with Gasteiger partial charge in [0.2, 0.25) is 0 Å². The highest BCUT2D eigenvalue weighted by atomic mass is 127. The second-order valence-corrected chi connectivity index (χ2v) is 7.03. The summed E-state index contributed by atoms with van der Waals surface area (Å²) in [6.45, 7) is 12.6. The van der Waals surface area contributed by atoms with Crippen molar-refractivity contribution in [2.45, 2.75) is 58.9 Å². The number of nitrogens with one attached hydrogen (secondary N) is 1. The third-order valence-corrected chi connectivity index (χ3v) is 5.49. The molecule has 1 atom stereocenters. The lowest BCUT2D eigenvalue weighted by Gasteiger charge is -2.29. The third-order valence-electron chi connectivity index (χ3n) is 5.49. The number of nitrogens with zero attached hydrogens (tertiary/aromatic N) is 3. The number of aliphatic imine (C=N–C) groups is 1. The lowest BCUT2D eigenvalue weighted by molar-refractivity contribution is 0.223. The molecule has 1 unspecified atom stereocenters. The van der Waals surface area contributed by atoms with E-state index < -0.39 is 0 Å². The van der Waals surface area contributed by atoms with Gasteiger partial charge >= 0.3 is 0 Å². The molecule has 4 nitrogen and oxygen atoms in total. The van der Waals surface area contributed by atoms with Crippen LogP contribution < -0.4 is 5.32 Å². The molecule has 1 aliphatic heterocycles. The first kappa shape index (κ1) is 20.0. The summed E-state index contributed by atoms with van der Waals surface area (Å²) < 4.78 is 0. The van der Waals surface area contributed by atoms with Crippen LogP contribution in [0.3, 0.4) is 0 Å². The normalized spacial score (nSPS) is 24.7. The van der Waals surface area contributed by atoms with Crippen molar-refractivity contribution in [3.05, 3.63) is 0 Å². The zero-order valence-corrected chi connectivity index (χ0v) is 17.2. The molecule has 0 aromatic heterocycles. The Morgan fingerprint density at radius 3 is 2.45 bits per heavy atom. The smallest absolute Gasteiger partial charge is 0.193 e. The molecule has 0 bridgehead atoms. The molecule has 1 aliphatic carbocycles. The van der Waals surface area contributed by atoms with Crippen molar-refractivity contribution in [3.8, 4) is 0 Å². The molecule has 1 heterocycles. The zero-order chi connectivity index (χ0) is 15.3. The Bertz CT molecular complexity index is 349. The number of halogens is 1. The van der Waals surface area contributed by atoms with Crippen molar-refractivity contribution >= 4 is 29.9 Å². The van der Waals surface area contributed by atoms with Crippen LogP contribution in [0.5, 0.6) is 0 Å². The first-order valence-corrected chi connectivity index (χ1v) is 8.81. The Morgan fingerprint density at radius 1 is 1.27 bits per heavy atom. The minimum absolute atomic E-state index is 0. The molecule has 0 aromatic rings. The Labute approximate surface area is 154 Å². The molecule has 1 saturated carbocycles. The van der Waals surface area contributed by atoms with Gasteiger partial charge < -0.3 is 10.2 Å². The number of hydrogen-bond donors (Lipinski definition) is 1. The van der Waals surface area contributed by atoms with Crippen molar-refractivity contribution in [3.63, 3.8) is 0 Å². The fraction of sp³-hybridized carbons (Fsp3) is 0.941. The van der Waals surface area contributed by atoms with Crippen molar-refractivity contribution in [2.24, 2.45) is 10.4 Å². The molecule has 22 heavy (non-hydrogen) atoms. The van der Waals surface area contributed by atoms with Crippen LogP contribution in [-0.2, 0) is 0 Å². The van der Waals surface area contributed by atoms with Gasteiger partial charge in [-0.25, -0.2) is 0 Å². The van der Waals surface area contributed by atoms with Gasteiger partial charge in [-0.2, -0.15) is 0 Å². The first-order chi connectivity index (χ1) is 10.1. The van der Waals surface area contributed by atoms with Gasteiger partial charge in [0.25, 0.3) is 0 Å². The zero-order valence-electron chi connectivity index (χ0n) is 14.9. The lowest BCUT2D eigenvalue weighted by atomic mass is 9.89. The summed E-state index contributed by atoms with van der Waals surface area (Å²) in [7, 11) is 1.92. The summed E-state index contributed by atoms with van der Waals surface area (Å²) in [4.78, 5) is 9.54. The molecule has 2 fully saturated rings. The molecular weight excluding hydrogens is 387 g/mol. The number of likely N-dealkylation sites (N-methyl/N-ethyl adjacent to an activating group) is 1. The topological polar surface area (TPSA) is 30.9 Å². The maximum atomic E-state index is 4.52. The molecule has 130 valence electrons. The van der Waals surface area contributed by atoms with Crippen LogP contribution in [0.25, 0.3) is 0 Å². The Hall–Kier alpha value is -0.0400. The van der Waals surface area contributed by atoms with E-state index in [4.69, 9.17) is 0 Å². The maximum Gasteiger partial charge on any atom is 0.193 e. The van der Waals surface area contributed by atoms with E-state index in [1.807, 2.05) is 7.05 Å². The highest BCUT2D eigenvalue weighted by Gasteiger charge is 2.31. The fourth-order valence-corrected chi connectivity index (χ4v) is 4.00. The van der Waals surface area contributed by atoms with Gasteiger partial charge in [0.05, 0.1) is 0 Å². The molecule has 5 heteroatoms. The summed E-state index contributed by atoms with van der Waals surface area (Å²) in [6, 6.07) is 0.695. The van der Waals surface area contributed by atoms with Crippen molar-refractivity contribution in [1.82, 2.24) is 15.1 Å². The van der Waals surface area contributed by atoms with E-state index in [0.717, 1.165) is 38.7 Å². The van der Waals surface area contributed by atoms with Gasteiger partial charge in [0.1, 0.15) is 0 Å². The molecular formula is C17H35IN4. The third kappa shape index (κ3) is 4.98. The molecule has 0 radical (unpaired) electrons. The van der Waals surface area contributed by atoms with E-state index in [0.29, 0.717) is 11.5 Å². The van der Waals surface area contributed by atoms with Crippen LogP contribution >= 0.6 is 24.0 Å². The van der Waals surface area contributed by atoms with Crippen molar-refractivity contribution < 1.29 is 0 Å². The minimum Gasteiger partial charge on any atom is -0.356 e. The van der Waals surface area contributed by atoms with Gasteiger partial charge in [-0.15, -0.1) is 24.0 Å². The van der Waals surface area contributed by atoms with Crippen LogP contribution in [0.2, 0.25) is 0 Å². The predicted molar refractivity (Wildman–Crippen MR) is 106 cm³/mol. The van der Waals surface area contributed by atoms with E-state index in [9.17, 15) is 0 Å². The average molecular weight is 422 g/mol. The van der Waals surface area contributed by atoms with Gasteiger partial charge in [-0.3, -0.25) is 9.89 Å². The molecule has 2 aliphatic rings. The molecule has 0 spiro atoms. The number of likely N-dealkylation sites (tertiary alicyclic amines) is 1. The second-order valence-electron chi connectivity index (χ2n) is 7.03. The highest BCUT2D eigenvalue weighted by molar-refractivity contribution is 14.0. The largest absolute Gasteiger partial charge is 0.356 e. The molecule has 2 rings (SSSR count). The van der Waals surface area contributed by atoms with Gasteiger partial charge in [0.15, 0.2) is 5.96 Å². The van der Waals surface area contributed by atoms with Gasteiger partial charge in [-0.1, -0.05) is 33.6 Å². The van der Waals surface area contributed by atoms with Crippen LogP contribution in [0.15, 0.2) is 4.99 Å². The highest BCUT2D eigenvalue weighted by Crippen LogP contribution is 2.36. The minimum atomic E-state index is 0. The Kier molecular flexibility index (Phi) is 8.46. The van der Waals surface area contributed by atoms with E-state index >= 15 is 0 Å². The van der Waals surface area contributed by atoms with Crippen molar-refractivity contribution in [2.75, 3.05) is 39.8 Å². The van der Waals surface area contributed by atoms with E-state index in [2.05, 4.69) is 40.9 Å². The van der Waals surface area contributed by atoms with Gasteiger partial charge in [-0.05, 0) is 37.8 Å². The van der Waals surface area contributed by atoms with Crippen molar-refractivity contribution in [1.29, 1.82) is 0 Å². The first-order valence-electron chi connectivity index (χ1n) is 8.81. The Balaban J connectivity index is 0.00000242.